The number of ether oxygens (including phenoxy) is 1. The van der Waals surface area contributed by atoms with Crippen LogP contribution in [0.3, 0.4) is 0 Å². The number of nitrogens with one attached hydrogen (secondary N) is 1. The molecule has 2 rings (SSSR count). The Labute approximate surface area is 126 Å². The zero-order valence-corrected chi connectivity index (χ0v) is 13.6. The molecule has 1 heterocycles. The highest BCUT2D eigenvalue weighted by atomic mass is 32.2. The summed E-state index contributed by atoms with van der Waals surface area (Å²) in [4.78, 5) is 0.144. The molecule has 6 heteroatoms. The van der Waals surface area contributed by atoms with Crippen molar-refractivity contribution < 1.29 is 13.2 Å². The first kappa shape index (κ1) is 16.4. The van der Waals surface area contributed by atoms with E-state index in [1.54, 1.807) is 12.1 Å². The molecule has 1 fully saturated rings. The van der Waals surface area contributed by atoms with Crippen molar-refractivity contribution in [1.29, 1.82) is 0 Å². The Kier molecular flexibility index (Phi) is 4.72. The van der Waals surface area contributed by atoms with Gasteiger partial charge in [-0.15, -0.1) is 0 Å². The second-order valence-corrected chi connectivity index (χ2v) is 7.86. The Morgan fingerprint density at radius 2 is 1.95 bits per heavy atom. The molecule has 2 atom stereocenters. The number of primary sulfonamides is 1. The van der Waals surface area contributed by atoms with E-state index < -0.39 is 10.0 Å². The Hall–Kier alpha value is -0.950. The van der Waals surface area contributed by atoms with Crippen LogP contribution in [0.15, 0.2) is 29.2 Å². The maximum absolute atomic E-state index is 11.3. The zero-order chi connectivity index (χ0) is 15.7. The smallest absolute Gasteiger partial charge is 0.238 e. The molecular formula is C15H24N2O3S. The van der Waals surface area contributed by atoms with E-state index in [9.17, 15) is 8.42 Å². The highest BCUT2D eigenvalue weighted by Crippen LogP contribution is 2.26. The molecule has 1 aromatic carbocycles. The lowest BCUT2D eigenvalue weighted by Gasteiger charge is -2.37. The summed E-state index contributed by atoms with van der Waals surface area (Å²) < 4.78 is 28.2. The summed E-state index contributed by atoms with van der Waals surface area (Å²) in [6.45, 7) is 7.05. The van der Waals surface area contributed by atoms with E-state index in [1.165, 1.54) is 0 Å². The number of nitrogens with two attached hydrogens (primary N) is 1. The first-order valence-electron chi connectivity index (χ1n) is 7.20. The van der Waals surface area contributed by atoms with Crippen LogP contribution in [0.4, 0.5) is 0 Å². The lowest BCUT2D eigenvalue weighted by molar-refractivity contribution is -0.0640. The van der Waals surface area contributed by atoms with Crippen LogP contribution in [0.5, 0.6) is 0 Å². The lowest BCUT2D eigenvalue weighted by atomic mass is 9.93. The van der Waals surface area contributed by atoms with Gasteiger partial charge in [-0.05, 0) is 51.3 Å². The Bertz CT molecular complexity index is 581. The van der Waals surface area contributed by atoms with Gasteiger partial charge in [0.15, 0.2) is 0 Å². The van der Waals surface area contributed by atoms with Crippen LogP contribution in [0.2, 0.25) is 0 Å². The largest absolute Gasteiger partial charge is 0.375 e. The molecule has 5 nitrogen and oxygen atoms in total. The van der Waals surface area contributed by atoms with Gasteiger partial charge in [-0.3, -0.25) is 0 Å². The van der Waals surface area contributed by atoms with Gasteiger partial charge in [0.2, 0.25) is 10.0 Å². The van der Waals surface area contributed by atoms with Crippen molar-refractivity contribution in [2.75, 3.05) is 6.61 Å². The van der Waals surface area contributed by atoms with E-state index in [0.717, 1.165) is 25.0 Å². The van der Waals surface area contributed by atoms with Crippen LogP contribution in [0.25, 0.3) is 0 Å². The van der Waals surface area contributed by atoms with Gasteiger partial charge in [0.25, 0.3) is 0 Å². The first-order chi connectivity index (χ1) is 9.67. The molecule has 1 aliphatic rings. The van der Waals surface area contributed by atoms with Crippen molar-refractivity contribution in [2.24, 2.45) is 5.14 Å². The number of hydrogen-bond donors (Lipinski definition) is 2. The van der Waals surface area contributed by atoms with Gasteiger partial charge in [-0.25, -0.2) is 13.6 Å². The zero-order valence-electron chi connectivity index (χ0n) is 12.8. The molecule has 1 saturated heterocycles. The molecule has 0 saturated carbocycles. The Balaban J connectivity index is 2.02. The fourth-order valence-corrected chi connectivity index (χ4v) is 3.29. The predicted molar refractivity (Wildman–Crippen MR) is 82.4 cm³/mol. The maximum atomic E-state index is 11.3. The number of benzene rings is 1. The van der Waals surface area contributed by atoms with E-state index in [4.69, 9.17) is 9.88 Å². The average Bonchev–Trinajstić information content (AvgIpc) is 2.36. The normalized spacial score (nSPS) is 23.7. The first-order valence-corrected chi connectivity index (χ1v) is 8.75. The molecule has 1 aromatic rings. The molecule has 0 amide bonds. The van der Waals surface area contributed by atoms with Crippen molar-refractivity contribution in [3.05, 3.63) is 29.8 Å². The number of sulfonamides is 1. The minimum absolute atomic E-state index is 0.0902. The molecule has 0 bridgehead atoms. The summed E-state index contributed by atoms with van der Waals surface area (Å²) in [6, 6.07) is 7.28. The summed E-state index contributed by atoms with van der Waals surface area (Å²) in [5.74, 6) is 0. The summed E-state index contributed by atoms with van der Waals surface area (Å²) in [7, 11) is -3.62. The third-order valence-corrected chi connectivity index (χ3v) is 4.82. The molecule has 2 unspecified atom stereocenters. The van der Waals surface area contributed by atoms with E-state index in [-0.39, 0.29) is 16.5 Å². The Morgan fingerprint density at radius 3 is 2.48 bits per heavy atom. The minimum Gasteiger partial charge on any atom is -0.375 e. The molecule has 1 aliphatic heterocycles. The molecule has 0 aromatic heterocycles. The van der Waals surface area contributed by atoms with Crippen LogP contribution >= 0.6 is 0 Å². The second kappa shape index (κ2) is 6.04. The fourth-order valence-electron chi connectivity index (χ4n) is 2.77. The lowest BCUT2D eigenvalue weighted by Crippen LogP contribution is -2.44. The van der Waals surface area contributed by atoms with Crippen LogP contribution in [-0.4, -0.2) is 26.7 Å². The van der Waals surface area contributed by atoms with Crippen molar-refractivity contribution in [3.8, 4) is 0 Å². The van der Waals surface area contributed by atoms with Crippen molar-refractivity contribution >= 4 is 10.0 Å². The standard InChI is InChI=1S/C15H24N2O3S/c1-11(17-13-8-9-20-15(2,3)10-13)12-4-6-14(7-5-12)21(16,18)19/h4-7,11,13,17H,8-10H2,1-3H3,(H2,16,18,19). The Morgan fingerprint density at radius 1 is 1.33 bits per heavy atom. The fraction of sp³-hybridized carbons (Fsp3) is 0.600. The molecule has 3 N–H and O–H groups in total. The number of rotatable bonds is 4. The molecule has 0 aliphatic carbocycles. The molecular weight excluding hydrogens is 288 g/mol. The van der Waals surface area contributed by atoms with Crippen molar-refractivity contribution in [1.82, 2.24) is 5.32 Å². The predicted octanol–water partition coefficient (Wildman–Crippen LogP) is 1.94. The van der Waals surface area contributed by atoms with Crippen LogP contribution in [0.1, 0.15) is 45.2 Å². The SMILES string of the molecule is CC(NC1CCOC(C)(C)C1)c1ccc(S(N)(=O)=O)cc1. The summed E-state index contributed by atoms with van der Waals surface area (Å²) in [5, 5.41) is 8.69. The van der Waals surface area contributed by atoms with Gasteiger partial charge in [0.1, 0.15) is 0 Å². The molecule has 0 radical (unpaired) electrons. The quantitative estimate of drug-likeness (QED) is 0.890. The highest BCUT2D eigenvalue weighted by molar-refractivity contribution is 7.89. The molecule has 21 heavy (non-hydrogen) atoms. The summed E-state index contributed by atoms with van der Waals surface area (Å²) >= 11 is 0. The monoisotopic (exact) mass is 312 g/mol. The van der Waals surface area contributed by atoms with Gasteiger partial charge in [-0.2, -0.15) is 0 Å². The van der Waals surface area contributed by atoms with Gasteiger partial charge in [0, 0.05) is 18.7 Å². The second-order valence-electron chi connectivity index (χ2n) is 6.30. The third kappa shape index (κ3) is 4.51. The molecule has 118 valence electrons. The third-order valence-electron chi connectivity index (χ3n) is 3.89. The van der Waals surface area contributed by atoms with Gasteiger partial charge >= 0.3 is 0 Å². The van der Waals surface area contributed by atoms with Crippen LogP contribution in [-0.2, 0) is 14.8 Å². The highest BCUT2D eigenvalue weighted by Gasteiger charge is 2.29. The van der Waals surface area contributed by atoms with Crippen molar-refractivity contribution in [3.63, 3.8) is 0 Å². The summed E-state index contributed by atoms with van der Waals surface area (Å²) in [5.41, 5.74) is 0.958. The minimum atomic E-state index is -3.62. The van der Waals surface area contributed by atoms with Crippen LogP contribution < -0.4 is 10.5 Å². The topological polar surface area (TPSA) is 81.4 Å². The average molecular weight is 312 g/mol. The molecule has 0 spiro atoms. The van der Waals surface area contributed by atoms with Gasteiger partial charge < -0.3 is 10.1 Å². The maximum Gasteiger partial charge on any atom is 0.238 e. The van der Waals surface area contributed by atoms with E-state index in [0.29, 0.717) is 6.04 Å². The van der Waals surface area contributed by atoms with Gasteiger partial charge in [-0.1, -0.05) is 12.1 Å². The van der Waals surface area contributed by atoms with Crippen LogP contribution in [0, 0.1) is 0 Å². The van der Waals surface area contributed by atoms with Gasteiger partial charge in [0.05, 0.1) is 10.5 Å². The van der Waals surface area contributed by atoms with E-state index in [2.05, 4.69) is 26.1 Å². The van der Waals surface area contributed by atoms with E-state index in [1.807, 2.05) is 12.1 Å². The number of hydrogen-bond acceptors (Lipinski definition) is 4. The summed E-state index contributed by atoms with van der Waals surface area (Å²) in [6.07, 6.45) is 1.95. The van der Waals surface area contributed by atoms with Crippen molar-refractivity contribution in [2.45, 2.75) is 56.2 Å². The van der Waals surface area contributed by atoms with E-state index >= 15 is 0 Å².